The molecule has 3 heteroatoms. The van der Waals surface area contributed by atoms with Crippen molar-refractivity contribution in [2.45, 2.75) is 0 Å². The Balaban J connectivity index is 1.07. The summed E-state index contributed by atoms with van der Waals surface area (Å²) in [5.74, 6) is 0. The molecule has 0 amide bonds. The van der Waals surface area contributed by atoms with Gasteiger partial charge >= 0.3 is 0 Å². The first kappa shape index (κ1) is 34.9. The third-order valence-electron chi connectivity index (χ3n) is 12.1. The van der Waals surface area contributed by atoms with E-state index in [-0.39, 0.29) is 0 Å². The second-order valence-corrected chi connectivity index (χ2v) is 15.6. The lowest BCUT2D eigenvalue weighted by Crippen LogP contribution is -2.11. The Kier molecular flexibility index (Phi) is 8.17. The fourth-order valence-electron chi connectivity index (χ4n) is 9.34. The summed E-state index contributed by atoms with van der Waals surface area (Å²) in [5.41, 5.74) is 15.9. The summed E-state index contributed by atoms with van der Waals surface area (Å²) in [6, 6.07) is 80.0. The van der Waals surface area contributed by atoms with Gasteiger partial charge in [-0.25, -0.2) is 0 Å². The summed E-state index contributed by atoms with van der Waals surface area (Å²) in [6.45, 7) is 0. The van der Waals surface area contributed by atoms with Crippen molar-refractivity contribution in [2.24, 2.45) is 0 Å². The Labute approximate surface area is 353 Å². The number of fused-ring (bicyclic) bond motifs is 7. The lowest BCUT2D eigenvalue weighted by atomic mass is 9.90. The van der Waals surface area contributed by atoms with Crippen LogP contribution in [0.1, 0.15) is 0 Å². The number of benzene rings is 10. The number of para-hydroxylation sites is 4. The van der Waals surface area contributed by atoms with Gasteiger partial charge in [0.25, 0.3) is 0 Å². The topological polar surface area (TPSA) is 29.5 Å². The summed E-state index contributed by atoms with van der Waals surface area (Å²) in [5, 5.41) is 6.91. The van der Waals surface area contributed by atoms with Crippen LogP contribution in [0.25, 0.3) is 99.2 Å². The van der Waals surface area contributed by atoms with E-state index < -0.39 is 0 Å². The maximum absolute atomic E-state index is 6.49. The van der Waals surface area contributed by atoms with Crippen molar-refractivity contribution in [1.29, 1.82) is 0 Å². The zero-order valence-electron chi connectivity index (χ0n) is 33.1. The molecule has 0 spiro atoms. The predicted molar refractivity (Wildman–Crippen MR) is 255 cm³/mol. The molecule has 61 heavy (non-hydrogen) atoms. The number of hydrogen-bond donors (Lipinski definition) is 0. The van der Waals surface area contributed by atoms with Crippen LogP contribution in [0.4, 0.5) is 17.1 Å². The van der Waals surface area contributed by atoms with Gasteiger partial charge in [0.1, 0.15) is 22.3 Å². The van der Waals surface area contributed by atoms with E-state index in [1.165, 1.54) is 27.5 Å². The molecule has 3 nitrogen and oxygen atoms in total. The Bertz CT molecular complexity index is 3590. The SMILES string of the molecule is c1ccc(-c2cccc3cccc(-c4ccccc4N(c4ccc(-c5cccc6c5oc5ccccc56)cc4)c4cccc(-c5cccc6oc7ccccc7c56)c4)c23)cc1. The monoisotopic (exact) mass is 779 g/mol. The molecule has 0 bridgehead atoms. The second kappa shape index (κ2) is 14.3. The molecule has 286 valence electrons. The summed E-state index contributed by atoms with van der Waals surface area (Å²) < 4.78 is 12.8. The average Bonchev–Trinajstić information content (AvgIpc) is 3.91. The van der Waals surface area contributed by atoms with Gasteiger partial charge in [-0.05, 0) is 92.7 Å². The van der Waals surface area contributed by atoms with E-state index >= 15 is 0 Å². The van der Waals surface area contributed by atoms with Gasteiger partial charge in [0.2, 0.25) is 0 Å². The van der Waals surface area contributed by atoms with Crippen molar-refractivity contribution in [3.05, 3.63) is 224 Å². The largest absolute Gasteiger partial charge is 0.456 e. The molecule has 2 heterocycles. The van der Waals surface area contributed by atoms with Crippen LogP contribution in [0.3, 0.4) is 0 Å². The lowest BCUT2D eigenvalue weighted by Gasteiger charge is -2.29. The van der Waals surface area contributed by atoms with E-state index in [9.17, 15) is 0 Å². The maximum atomic E-state index is 6.49. The molecular formula is C58H37NO2. The molecule has 0 saturated heterocycles. The van der Waals surface area contributed by atoms with Gasteiger partial charge in [0.05, 0.1) is 5.69 Å². The molecule has 2 aromatic heterocycles. The Hall–Kier alpha value is -8.14. The highest BCUT2D eigenvalue weighted by Gasteiger charge is 2.22. The lowest BCUT2D eigenvalue weighted by molar-refractivity contribution is 0.669. The predicted octanol–water partition coefficient (Wildman–Crippen LogP) is 16.8. The summed E-state index contributed by atoms with van der Waals surface area (Å²) >= 11 is 0. The minimum absolute atomic E-state index is 0.881. The van der Waals surface area contributed by atoms with Gasteiger partial charge in [-0.15, -0.1) is 0 Å². The van der Waals surface area contributed by atoms with Gasteiger partial charge in [0.15, 0.2) is 0 Å². The highest BCUT2D eigenvalue weighted by Crippen LogP contribution is 2.47. The van der Waals surface area contributed by atoms with Gasteiger partial charge in [-0.3, -0.25) is 0 Å². The summed E-state index contributed by atoms with van der Waals surface area (Å²) in [6.07, 6.45) is 0. The molecule has 12 rings (SSSR count). The third-order valence-corrected chi connectivity index (χ3v) is 12.1. The smallest absolute Gasteiger partial charge is 0.143 e. The van der Waals surface area contributed by atoms with Crippen LogP contribution in [-0.2, 0) is 0 Å². The summed E-state index contributed by atoms with van der Waals surface area (Å²) in [4.78, 5) is 2.40. The first-order valence-corrected chi connectivity index (χ1v) is 20.7. The highest BCUT2D eigenvalue weighted by atomic mass is 16.3. The number of hydrogen-bond acceptors (Lipinski definition) is 3. The Morgan fingerprint density at radius 2 is 0.852 bits per heavy atom. The molecule has 0 radical (unpaired) electrons. The molecule has 0 N–H and O–H groups in total. The van der Waals surface area contributed by atoms with Crippen LogP contribution in [0.15, 0.2) is 233 Å². The van der Waals surface area contributed by atoms with Gasteiger partial charge in [-0.2, -0.15) is 0 Å². The van der Waals surface area contributed by atoms with E-state index in [1.54, 1.807) is 0 Å². The average molecular weight is 780 g/mol. The zero-order valence-corrected chi connectivity index (χ0v) is 33.1. The third kappa shape index (κ3) is 5.82. The molecule has 0 fully saturated rings. The highest BCUT2D eigenvalue weighted by molar-refractivity contribution is 6.13. The van der Waals surface area contributed by atoms with E-state index in [0.29, 0.717) is 0 Å². The summed E-state index contributed by atoms with van der Waals surface area (Å²) in [7, 11) is 0. The van der Waals surface area contributed by atoms with Crippen molar-refractivity contribution >= 4 is 71.7 Å². The van der Waals surface area contributed by atoms with Gasteiger partial charge in [-0.1, -0.05) is 176 Å². The molecule has 0 saturated carbocycles. The zero-order chi connectivity index (χ0) is 40.3. The van der Waals surface area contributed by atoms with Crippen LogP contribution in [0, 0.1) is 0 Å². The normalized spacial score (nSPS) is 11.6. The van der Waals surface area contributed by atoms with E-state index in [2.05, 4.69) is 205 Å². The molecule has 0 aliphatic carbocycles. The quantitative estimate of drug-likeness (QED) is 0.161. The Morgan fingerprint density at radius 1 is 0.295 bits per heavy atom. The van der Waals surface area contributed by atoms with Crippen molar-refractivity contribution in [2.75, 3.05) is 4.90 Å². The first-order chi connectivity index (χ1) is 30.3. The van der Waals surface area contributed by atoms with Crippen molar-refractivity contribution in [3.63, 3.8) is 0 Å². The number of furan rings is 2. The van der Waals surface area contributed by atoms with Crippen LogP contribution in [0.5, 0.6) is 0 Å². The fraction of sp³-hybridized carbons (Fsp3) is 0. The standard InChI is InChI=1S/C58H37NO2/c1-2-15-38(16-3-1)44-24-11-17-40-18-12-27-49(56(40)44)47-21-4-7-29-52(47)59(42-35-33-39(34-36-42)46-26-13-28-50-48-22-5-8-30-53(48)61-58(46)50)43-20-10-19-41(37-43)45-25-14-32-55-57(45)51-23-6-9-31-54(51)60-55/h1-37H. The number of nitrogens with zero attached hydrogens (tertiary/aromatic N) is 1. The molecular weight excluding hydrogens is 743 g/mol. The van der Waals surface area contributed by atoms with E-state index in [1.807, 2.05) is 24.3 Å². The maximum Gasteiger partial charge on any atom is 0.143 e. The molecule has 0 unspecified atom stereocenters. The minimum atomic E-state index is 0.881. The molecule has 0 aliphatic heterocycles. The Morgan fingerprint density at radius 3 is 1.69 bits per heavy atom. The second-order valence-electron chi connectivity index (χ2n) is 15.6. The molecule has 10 aromatic carbocycles. The molecule has 0 aliphatic rings. The van der Waals surface area contributed by atoms with E-state index in [0.717, 1.165) is 88.8 Å². The minimum Gasteiger partial charge on any atom is -0.456 e. The molecule has 0 atom stereocenters. The van der Waals surface area contributed by atoms with Crippen LogP contribution < -0.4 is 4.90 Å². The van der Waals surface area contributed by atoms with E-state index in [4.69, 9.17) is 8.83 Å². The van der Waals surface area contributed by atoms with Crippen LogP contribution in [0.2, 0.25) is 0 Å². The number of rotatable bonds is 7. The first-order valence-electron chi connectivity index (χ1n) is 20.7. The van der Waals surface area contributed by atoms with Crippen molar-refractivity contribution in [3.8, 4) is 44.5 Å². The molecule has 12 aromatic rings. The number of anilines is 3. The van der Waals surface area contributed by atoms with Gasteiger partial charge < -0.3 is 13.7 Å². The van der Waals surface area contributed by atoms with Crippen LogP contribution in [-0.4, -0.2) is 0 Å². The van der Waals surface area contributed by atoms with Gasteiger partial charge in [0, 0.05) is 44.0 Å². The van der Waals surface area contributed by atoms with Crippen LogP contribution >= 0.6 is 0 Å². The fourth-order valence-corrected chi connectivity index (χ4v) is 9.34. The van der Waals surface area contributed by atoms with Crippen molar-refractivity contribution in [1.82, 2.24) is 0 Å². The van der Waals surface area contributed by atoms with Crippen molar-refractivity contribution < 1.29 is 8.83 Å².